The summed E-state index contributed by atoms with van der Waals surface area (Å²) in [4.78, 5) is 15.8. The van der Waals surface area contributed by atoms with E-state index in [9.17, 15) is 4.79 Å². The number of benzene rings is 1. The van der Waals surface area contributed by atoms with Crippen LogP contribution in [-0.2, 0) is 11.3 Å². The van der Waals surface area contributed by atoms with Crippen molar-refractivity contribution in [3.05, 3.63) is 56.7 Å². The molecule has 0 aliphatic rings. The van der Waals surface area contributed by atoms with Crippen molar-refractivity contribution in [3.8, 4) is 0 Å². The number of halogens is 1. The first kappa shape index (κ1) is 17.2. The lowest BCUT2D eigenvalue weighted by Gasteiger charge is -2.25. The van der Waals surface area contributed by atoms with Gasteiger partial charge in [-0.15, -0.1) is 11.3 Å². The highest BCUT2D eigenvalue weighted by molar-refractivity contribution is 9.11. The summed E-state index contributed by atoms with van der Waals surface area (Å²) in [5, 5.41) is 0. The van der Waals surface area contributed by atoms with Crippen LogP contribution in [0.2, 0.25) is 0 Å². The van der Waals surface area contributed by atoms with Gasteiger partial charge in [-0.05, 0) is 53.5 Å². The Morgan fingerprint density at radius 2 is 2.00 bits per heavy atom. The fraction of sp³-hybridized carbons (Fsp3) is 0.353. The van der Waals surface area contributed by atoms with Gasteiger partial charge in [-0.3, -0.25) is 4.79 Å². The highest BCUT2D eigenvalue weighted by atomic mass is 79.9. The van der Waals surface area contributed by atoms with E-state index >= 15 is 0 Å². The molecule has 0 radical (unpaired) electrons. The van der Waals surface area contributed by atoms with Crippen molar-refractivity contribution >= 4 is 33.2 Å². The van der Waals surface area contributed by atoms with Gasteiger partial charge in [0, 0.05) is 18.0 Å². The predicted octanol–water partition coefficient (Wildman–Crippen LogP) is 3.99. The normalized spacial score (nSPS) is 12.1. The topological polar surface area (TPSA) is 46.3 Å². The van der Waals surface area contributed by atoms with Gasteiger partial charge in [0.25, 0.3) is 0 Å². The van der Waals surface area contributed by atoms with Crippen LogP contribution in [0.3, 0.4) is 0 Å². The Morgan fingerprint density at radius 1 is 1.27 bits per heavy atom. The summed E-state index contributed by atoms with van der Waals surface area (Å²) in [7, 11) is 0. The van der Waals surface area contributed by atoms with E-state index in [1.165, 1.54) is 0 Å². The van der Waals surface area contributed by atoms with Gasteiger partial charge in [-0.2, -0.15) is 0 Å². The molecule has 0 aliphatic heterocycles. The summed E-state index contributed by atoms with van der Waals surface area (Å²) < 4.78 is 1.05. The molecule has 1 atom stereocenters. The van der Waals surface area contributed by atoms with Crippen LogP contribution in [0, 0.1) is 0 Å². The highest BCUT2D eigenvalue weighted by Gasteiger charge is 2.23. The lowest BCUT2D eigenvalue weighted by molar-refractivity contribution is -0.133. The predicted molar refractivity (Wildman–Crippen MR) is 96.0 cm³/mol. The Kier molecular flexibility index (Phi) is 6.61. The standard InChI is InChI=1S/C17H21BrN2OS/c1-13(15-8-9-16(18)22-15)17(21)20(11-5-10-19)12-14-6-3-2-4-7-14/h2-4,6-9,13H,5,10-12,19H2,1H3. The van der Waals surface area contributed by atoms with E-state index in [1.54, 1.807) is 11.3 Å². The summed E-state index contributed by atoms with van der Waals surface area (Å²) in [5.74, 6) is 0.0319. The second-order valence-electron chi connectivity index (χ2n) is 5.25. The molecule has 5 heteroatoms. The average molecular weight is 381 g/mol. The second kappa shape index (κ2) is 8.46. The van der Waals surface area contributed by atoms with E-state index in [2.05, 4.69) is 28.1 Å². The van der Waals surface area contributed by atoms with Crippen LogP contribution in [0.4, 0.5) is 0 Å². The largest absolute Gasteiger partial charge is 0.338 e. The van der Waals surface area contributed by atoms with Crippen molar-refractivity contribution < 1.29 is 4.79 Å². The molecule has 1 amide bonds. The molecule has 0 fully saturated rings. The first-order valence-electron chi connectivity index (χ1n) is 7.40. The maximum absolute atomic E-state index is 12.8. The molecule has 118 valence electrons. The number of hydrogen-bond acceptors (Lipinski definition) is 3. The smallest absolute Gasteiger partial charge is 0.230 e. The maximum atomic E-state index is 12.8. The van der Waals surface area contributed by atoms with E-state index in [-0.39, 0.29) is 11.8 Å². The highest BCUT2D eigenvalue weighted by Crippen LogP contribution is 2.29. The monoisotopic (exact) mass is 380 g/mol. The lowest BCUT2D eigenvalue weighted by atomic mass is 10.1. The van der Waals surface area contributed by atoms with E-state index in [4.69, 9.17) is 5.73 Å². The molecule has 1 aromatic carbocycles. The fourth-order valence-electron chi connectivity index (χ4n) is 2.31. The molecule has 22 heavy (non-hydrogen) atoms. The van der Waals surface area contributed by atoms with Crippen LogP contribution in [0.15, 0.2) is 46.3 Å². The van der Waals surface area contributed by atoms with Crippen molar-refractivity contribution in [1.29, 1.82) is 0 Å². The van der Waals surface area contributed by atoms with Crippen molar-refractivity contribution in [3.63, 3.8) is 0 Å². The molecular weight excluding hydrogens is 360 g/mol. The van der Waals surface area contributed by atoms with Crippen LogP contribution in [-0.4, -0.2) is 23.9 Å². The number of carbonyl (C=O) groups is 1. The van der Waals surface area contributed by atoms with Gasteiger partial charge in [0.1, 0.15) is 0 Å². The molecule has 2 rings (SSSR count). The van der Waals surface area contributed by atoms with Crippen LogP contribution < -0.4 is 5.73 Å². The van der Waals surface area contributed by atoms with Gasteiger partial charge in [0.05, 0.1) is 9.70 Å². The Hall–Kier alpha value is -1.17. The number of thiophene rings is 1. The summed E-state index contributed by atoms with van der Waals surface area (Å²) in [6, 6.07) is 14.1. The first-order valence-corrected chi connectivity index (χ1v) is 9.00. The fourth-order valence-corrected chi connectivity index (χ4v) is 3.78. The number of hydrogen-bond donors (Lipinski definition) is 1. The molecule has 1 heterocycles. The van der Waals surface area contributed by atoms with Gasteiger partial charge in [0.15, 0.2) is 0 Å². The summed E-state index contributed by atoms with van der Waals surface area (Å²) in [5.41, 5.74) is 6.76. The van der Waals surface area contributed by atoms with Gasteiger partial charge in [-0.1, -0.05) is 30.3 Å². The van der Waals surface area contributed by atoms with E-state index in [0.717, 1.165) is 20.6 Å². The third-order valence-electron chi connectivity index (χ3n) is 3.55. The zero-order chi connectivity index (χ0) is 15.9. The average Bonchev–Trinajstić information content (AvgIpc) is 2.97. The molecule has 1 unspecified atom stereocenters. The Balaban J connectivity index is 2.11. The Labute approximate surface area is 144 Å². The first-order chi connectivity index (χ1) is 10.6. The number of amides is 1. The minimum atomic E-state index is -0.127. The molecular formula is C17H21BrN2OS. The van der Waals surface area contributed by atoms with Gasteiger partial charge in [-0.25, -0.2) is 0 Å². The lowest BCUT2D eigenvalue weighted by Crippen LogP contribution is -2.35. The molecule has 0 saturated heterocycles. The summed E-state index contributed by atoms with van der Waals surface area (Å²) >= 11 is 5.08. The molecule has 0 spiro atoms. The molecule has 0 aliphatic carbocycles. The molecule has 0 bridgehead atoms. The zero-order valence-electron chi connectivity index (χ0n) is 12.7. The number of carbonyl (C=O) groups excluding carboxylic acids is 1. The number of nitrogens with zero attached hydrogens (tertiary/aromatic N) is 1. The van der Waals surface area contributed by atoms with Crippen LogP contribution in [0.5, 0.6) is 0 Å². The van der Waals surface area contributed by atoms with E-state index in [0.29, 0.717) is 19.6 Å². The third-order valence-corrected chi connectivity index (χ3v) is 5.36. The van der Waals surface area contributed by atoms with Crippen LogP contribution in [0.1, 0.15) is 29.7 Å². The number of rotatable bonds is 7. The van der Waals surface area contributed by atoms with Crippen molar-refractivity contribution in [2.24, 2.45) is 5.73 Å². The molecule has 2 aromatic rings. The summed E-state index contributed by atoms with van der Waals surface area (Å²) in [6.07, 6.45) is 0.819. The zero-order valence-corrected chi connectivity index (χ0v) is 15.1. The SMILES string of the molecule is CC(C(=O)N(CCCN)Cc1ccccc1)c1ccc(Br)s1. The van der Waals surface area contributed by atoms with Crippen molar-refractivity contribution in [2.45, 2.75) is 25.8 Å². The number of nitrogens with two attached hydrogens (primary N) is 1. The van der Waals surface area contributed by atoms with Crippen molar-refractivity contribution in [1.82, 2.24) is 4.90 Å². The molecule has 2 N–H and O–H groups in total. The maximum Gasteiger partial charge on any atom is 0.230 e. The van der Waals surface area contributed by atoms with Crippen molar-refractivity contribution in [2.75, 3.05) is 13.1 Å². The Bertz CT molecular complexity index is 600. The second-order valence-corrected chi connectivity index (χ2v) is 7.75. The molecule has 3 nitrogen and oxygen atoms in total. The minimum Gasteiger partial charge on any atom is -0.338 e. The minimum absolute atomic E-state index is 0.127. The van der Waals surface area contributed by atoms with E-state index < -0.39 is 0 Å². The van der Waals surface area contributed by atoms with Crippen LogP contribution in [0.25, 0.3) is 0 Å². The van der Waals surface area contributed by atoms with Gasteiger partial charge in [0.2, 0.25) is 5.91 Å². The van der Waals surface area contributed by atoms with Gasteiger partial charge < -0.3 is 10.6 Å². The quantitative estimate of drug-likeness (QED) is 0.788. The van der Waals surface area contributed by atoms with E-state index in [1.807, 2.05) is 42.2 Å². The van der Waals surface area contributed by atoms with Gasteiger partial charge >= 0.3 is 0 Å². The third kappa shape index (κ3) is 4.66. The molecule has 0 saturated carbocycles. The van der Waals surface area contributed by atoms with Crippen LogP contribution >= 0.6 is 27.3 Å². The summed E-state index contributed by atoms with van der Waals surface area (Å²) in [6.45, 7) is 3.90. The Morgan fingerprint density at radius 3 is 2.59 bits per heavy atom. The molecule has 1 aromatic heterocycles.